The Balaban J connectivity index is 1.88. The number of nitrogens with two attached hydrogens (primary N) is 1. The molecule has 1 atom stereocenters. The van der Waals surface area contributed by atoms with Crippen LogP contribution in [0.4, 0.5) is 0 Å². The van der Waals surface area contributed by atoms with Crippen molar-refractivity contribution < 1.29 is 14.7 Å². The van der Waals surface area contributed by atoms with Gasteiger partial charge in [0.05, 0.1) is 6.61 Å². The van der Waals surface area contributed by atoms with Crippen molar-refractivity contribution in [2.75, 3.05) is 19.8 Å². The third-order valence-corrected chi connectivity index (χ3v) is 3.21. The zero-order valence-corrected chi connectivity index (χ0v) is 11.1. The van der Waals surface area contributed by atoms with E-state index in [1.165, 1.54) is 6.20 Å². The number of carbonyl (C=O) groups excluding carboxylic acids is 1. The summed E-state index contributed by atoms with van der Waals surface area (Å²) in [6.07, 6.45) is 3.50. The number of oxime groups is 1. The average Bonchev–Trinajstić information content (AvgIpc) is 2.53. The van der Waals surface area contributed by atoms with Gasteiger partial charge in [-0.25, -0.2) is 0 Å². The van der Waals surface area contributed by atoms with Crippen molar-refractivity contribution in [3.63, 3.8) is 0 Å². The lowest BCUT2D eigenvalue weighted by Crippen LogP contribution is -2.33. The fraction of sp³-hybridized carbons (Fsp3) is 0.462. The summed E-state index contributed by atoms with van der Waals surface area (Å²) < 4.78 is 5.36. The lowest BCUT2D eigenvalue weighted by molar-refractivity contribution is 0.0535. The monoisotopic (exact) mass is 278 g/mol. The molecule has 1 amide bonds. The SMILES string of the molecule is NC(=NO)c1ccc(C(=O)NCC2CCCOC2)nc1. The number of ether oxygens (including phenoxy) is 1. The van der Waals surface area contributed by atoms with Crippen LogP contribution in [-0.2, 0) is 4.74 Å². The first-order valence-corrected chi connectivity index (χ1v) is 6.50. The predicted octanol–water partition coefficient (Wildman–Crippen LogP) is 0.332. The van der Waals surface area contributed by atoms with Gasteiger partial charge in [0.1, 0.15) is 5.69 Å². The van der Waals surface area contributed by atoms with Crippen molar-refractivity contribution in [2.24, 2.45) is 16.8 Å². The average molecular weight is 278 g/mol. The summed E-state index contributed by atoms with van der Waals surface area (Å²) in [6.45, 7) is 2.08. The van der Waals surface area contributed by atoms with E-state index in [4.69, 9.17) is 15.7 Å². The van der Waals surface area contributed by atoms with Crippen LogP contribution in [0.2, 0.25) is 0 Å². The van der Waals surface area contributed by atoms with Crippen LogP contribution in [-0.4, -0.2) is 41.7 Å². The van der Waals surface area contributed by atoms with Gasteiger partial charge in [0.25, 0.3) is 5.91 Å². The Bertz CT molecular complexity index is 481. The summed E-state index contributed by atoms with van der Waals surface area (Å²) in [7, 11) is 0. The lowest BCUT2D eigenvalue weighted by Gasteiger charge is -2.22. The van der Waals surface area contributed by atoms with Crippen LogP contribution in [0, 0.1) is 5.92 Å². The number of aromatic nitrogens is 1. The van der Waals surface area contributed by atoms with Crippen LogP contribution < -0.4 is 11.1 Å². The zero-order valence-electron chi connectivity index (χ0n) is 11.1. The lowest BCUT2D eigenvalue weighted by atomic mass is 10.0. The highest BCUT2D eigenvalue weighted by atomic mass is 16.5. The van der Waals surface area contributed by atoms with Gasteiger partial charge in [0, 0.05) is 24.9 Å². The van der Waals surface area contributed by atoms with E-state index in [1.54, 1.807) is 12.1 Å². The molecular formula is C13H18N4O3. The van der Waals surface area contributed by atoms with Gasteiger partial charge in [-0.05, 0) is 30.9 Å². The Morgan fingerprint density at radius 3 is 3.05 bits per heavy atom. The molecule has 1 aromatic heterocycles. The van der Waals surface area contributed by atoms with Gasteiger partial charge in [-0.1, -0.05) is 5.16 Å². The number of carbonyl (C=O) groups is 1. The molecule has 0 saturated carbocycles. The molecule has 1 aliphatic rings. The molecule has 0 radical (unpaired) electrons. The third-order valence-electron chi connectivity index (χ3n) is 3.21. The number of hydrogen-bond acceptors (Lipinski definition) is 5. The molecule has 2 heterocycles. The van der Waals surface area contributed by atoms with Crippen molar-refractivity contribution in [2.45, 2.75) is 12.8 Å². The van der Waals surface area contributed by atoms with Gasteiger partial charge in [-0.15, -0.1) is 0 Å². The van der Waals surface area contributed by atoms with E-state index < -0.39 is 0 Å². The molecule has 7 nitrogen and oxygen atoms in total. The Hall–Kier alpha value is -2.15. The van der Waals surface area contributed by atoms with Crippen molar-refractivity contribution in [1.82, 2.24) is 10.3 Å². The van der Waals surface area contributed by atoms with Gasteiger partial charge in [-0.2, -0.15) is 0 Å². The van der Waals surface area contributed by atoms with E-state index in [-0.39, 0.29) is 11.7 Å². The van der Waals surface area contributed by atoms with E-state index in [0.29, 0.717) is 30.3 Å². The minimum atomic E-state index is -0.235. The van der Waals surface area contributed by atoms with Gasteiger partial charge in [0.15, 0.2) is 5.84 Å². The molecule has 0 bridgehead atoms. The molecule has 1 unspecified atom stereocenters. The van der Waals surface area contributed by atoms with Gasteiger partial charge in [-0.3, -0.25) is 9.78 Å². The second-order valence-electron chi connectivity index (χ2n) is 4.71. The van der Waals surface area contributed by atoms with Crippen LogP contribution in [0.1, 0.15) is 28.9 Å². The van der Waals surface area contributed by atoms with E-state index in [1.807, 2.05) is 0 Å². The first kappa shape index (κ1) is 14.3. The van der Waals surface area contributed by atoms with Gasteiger partial charge >= 0.3 is 0 Å². The van der Waals surface area contributed by atoms with Crippen LogP contribution >= 0.6 is 0 Å². The summed E-state index contributed by atoms with van der Waals surface area (Å²) in [6, 6.07) is 3.13. The van der Waals surface area contributed by atoms with Crippen LogP contribution in [0.3, 0.4) is 0 Å². The van der Waals surface area contributed by atoms with Gasteiger partial charge < -0.3 is 21.0 Å². The fourth-order valence-corrected chi connectivity index (χ4v) is 2.03. The van der Waals surface area contributed by atoms with E-state index in [2.05, 4.69) is 15.5 Å². The maximum Gasteiger partial charge on any atom is 0.269 e. The summed E-state index contributed by atoms with van der Waals surface area (Å²) in [5, 5.41) is 14.2. The highest BCUT2D eigenvalue weighted by Gasteiger charge is 2.15. The van der Waals surface area contributed by atoms with E-state index in [9.17, 15) is 4.79 Å². The number of rotatable bonds is 4. The Labute approximate surface area is 116 Å². The minimum absolute atomic E-state index is 0.0381. The number of amidine groups is 1. The van der Waals surface area contributed by atoms with Crippen molar-refractivity contribution >= 4 is 11.7 Å². The molecule has 2 rings (SSSR count). The van der Waals surface area contributed by atoms with Crippen molar-refractivity contribution in [3.8, 4) is 0 Å². The molecule has 1 saturated heterocycles. The summed E-state index contributed by atoms with van der Waals surface area (Å²) in [5.74, 6) is 0.0922. The molecule has 1 aromatic rings. The highest BCUT2D eigenvalue weighted by molar-refractivity contribution is 5.98. The van der Waals surface area contributed by atoms with Crippen molar-refractivity contribution in [1.29, 1.82) is 0 Å². The molecule has 0 aromatic carbocycles. The first-order chi connectivity index (χ1) is 9.70. The summed E-state index contributed by atoms with van der Waals surface area (Å²) in [4.78, 5) is 15.9. The standard InChI is InChI=1S/C13H18N4O3/c14-12(17-19)10-3-4-11(15-7-10)13(18)16-6-9-2-1-5-20-8-9/h3-4,7,9,19H,1-2,5-6,8H2,(H2,14,17)(H,16,18). The Morgan fingerprint density at radius 1 is 1.60 bits per heavy atom. The van der Waals surface area contributed by atoms with Crippen LogP contribution in [0.25, 0.3) is 0 Å². The molecule has 0 aliphatic carbocycles. The topological polar surface area (TPSA) is 110 Å². The molecule has 0 spiro atoms. The summed E-state index contributed by atoms with van der Waals surface area (Å²) in [5.41, 5.74) is 6.19. The maximum absolute atomic E-state index is 11.9. The number of nitrogens with one attached hydrogen (secondary N) is 1. The number of amides is 1. The van der Waals surface area contributed by atoms with E-state index in [0.717, 1.165) is 19.4 Å². The molecule has 108 valence electrons. The smallest absolute Gasteiger partial charge is 0.269 e. The second kappa shape index (κ2) is 6.85. The molecule has 1 fully saturated rings. The number of hydrogen-bond donors (Lipinski definition) is 3. The minimum Gasteiger partial charge on any atom is -0.409 e. The molecule has 1 aliphatic heterocycles. The van der Waals surface area contributed by atoms with Crippen molar-refractivity contribution in [3.05, 3.63) is 29.6 Å². The van der Waals surface area contributed by atoms with Crippen LogP contribution in [0.15, 0.2) is 23.5 Å². The highest BCUT2D eigenvalue weighted by Crippen LogP contribution is 2.12. The van der Waals surface area contributed by atoms with Crippen LogP contribution in [0.5, 0.6) is 0 Å². The normalized spacial score (nSPS) is 19.6. The largest absolute Gasteiger partial charge is 0.409 e. The molecule has 20 heavy (non-hydrogen) atoms. The molecule has 7 heteroatoms. The quantitative estimate of drug-likeness (QED) is 0.318. The third kappa shape index (κ3) is 3.67. The first-order valence-electron chi connectivity index (χ1n) is 6.50. The summed E-state index contributed by atoms with van der Waals surface area (Å²) >= 11 is 0. The Morgan fingerprint density at radius 2 is 2.45 bits per heavy atom. The van der Waals surface area contributed by atoms with Gasteiger partial charge in [0.2, 0.25) is 0 Å². The maximum atomic E-state index is 11.9. The number of pyridine rings is 1. The molecular weight excluding hydrogens is 260 g/mol. The second-order valence-corrected chi connectivity index (χ2v) is 4.71. The Kier molecular flexibility index (Phi) is 4.89. The fourth-order valence-electron chi connectivity index (χ4n) is 2.03. The predicted molar refractivity (Wildman–Crippen MR) is 72.6 cm³/mol. The molecule has 4 N–H and O–H groups in total. The number of nitrogens with zero attached hydrogens (tertiary/aromatic N) is 2. The zero-order chi connectivity index (χ0) is 14.4. The van der Waals surface area contributed by atoms with E-state index >= 15 is 0 Å².